The Hall–Kier alpha value is -1.34. The molecule has 22 heavy (non-hydrogen) atoms. The van der Waals surface area contributed by atoms with Crippen molar-refractivity contribution in [3.05, 3.63) is 39.9 Å². The standard InChI is InChI=1S/C14H12ClF3O3S/c1-20-13(19)10-7-6-8-9(12(10)15)4-2-3-5-11(8)21-22-14(16,17)18/h5-7H,2-4H2,1H3. The Morgan fingerprint density at radius 2 is 2.09 bits per heavy atom. The Balaban J connectivity index is 2.38. The lowest BCUT2D eigenvalue weighted by molar-refractivity contribution is -0.0375. The van der Waals surface area contributed by atoms with Gasteiger partial charge in [-0.3, -0.25) is 0 Å². The van der Waals surface area contributed by atoms with Gasteiger partial charge in [-0.15, -0.1) is 0 Å². The minimum absolute atomic E-state index is 0.105. The third-order valence-electron chi connectivity index (χ3n) is 3.10. The molecule has 0 radical (unpaired) electrons. The molecule has 1 aromatic rings. The maximum absolute atomic E-state index is 12.3. The molecule has 0 saturated carbocycles. The second-order valence-corrected chi connectivity index (χ2v) is 5.69. The molecule has 0 N–H and O–H groups in total. The van der Waals surface area contributed by atoms with E-state index in [9.17, 15) is 18.0 Å². The number of carbonyl (C=O) groups excluding carboxylic acids is 1. The van der Waals surface area contributed by atoms with E-state index in [1.165, 1.54) is 19.2 Å². The fraction of sp³-hybridized carbons (Fsp3) is 0.357. The zero-order chi connectivity index (χ0) is 16.3. The summed E-state index contributed by atoms with van der Waals surface area (Å²) in [7, 11) is 1.23. The molecule has 1 aliphatic rings. The van der Waals surface area contributed by atoms with E-state index in [4.69, 9.17) is 15.8 Å². The number of fused-ring (bicyclic) bond motifs is 1. The first-order valence-electron chi connectivity index (χ1n) is 6.36. The lowest BCUT2D eigenvalue weighted by atomic mass is 10.00. The van der Waals surface area contributed by atoms with Crippen LogP contribution in [0.4, 0.5) is 13.2 Å². The highest BCUT2D eigenvalue weighted by molar-refractivity contribution is 7.95. The highest BCUT2D eigenvalue weighted by Crippen LogP contribution is 2.39. The van der Waals surface area contributed by atoms with Crippen LogP contribution >= 0.6 is 23.6 Å². The Morgan fingerprint density at radius 3 is 2.73 bits per heavy atom. The van der Waals surface area contributed by atoms with Crippen LogP contribution in [0, 0.1) is 0 Å². The first-order chi connectivity index (χ1) is 10.3. The van der Waals surface area contributed by atoms with E-state index in [0.29, 0.717) is 30.4 Å². The number of hydrogen-bond acceptors (Lipinski definition) is 4. The number of alkyl halides is 3. The summed E-state index contributed by atoms with van der Waals surface area (Å²) in [5.41, 5.74) is -3.25. The number of ether oxygens (including phenoxy) is 1. The van der Waals surface area contributed by atoms with Gasteiger partial charge >= 0.3 is 11.5 Å². The molecule has 3 nitrogen and oxygen atoms in total. The molecule has 0 atom stereocenters. The number of allylic oxidation sites excluding steroid dienone is 1. The number of hydrogen-bond donors (Lipinski definition) is 0. The lowest BCUT2D eigenvalue weighted by Gasteiger charge is -2.15. The van der Waals surface area contributed by atoms with Crippen LogP contribution in [-0.2, 0) is 15.3 Å². The second kappa shape index (κ2) is 6.83. The van der Waals surface area contributed by atoms with Crippen molar-refractivity contribution in [3.63, 3.8) is 0 Å². The average molecular weight is 353 g/mol. The molecule has 1 aromatic carbocycles. The van der Waals surface area contributed by atoms with Crippen molar-refractivity contribution in [1.82, 2.24) is 0 Å². The van der Waals surface area contributed by atoms with E-state index in [1.54, 1.807) is 6.08 Å². The fourth-order valence-corrected chi connectivity index (χ4v) is 2.84. The van der Waals surface area contributed by atoms with Crippen LogP contribution in [0.3, 0.4) is 0 Å². The van der Waals surface area contributed by atoms with Crippen molar-refractivity contribution in [2.75, 3.05) is 7.11 Å². The number of benzene rings is 1. The van der Waals surface area contributed by atoms with Gasteiger partial charge in [0.25, 0.3) is 0 Å². The molecule has 2 rings (SSSR count). The van der Waals surface area contributed by atoms with Crippen LogP contribution in [0.15, 0.2) is 18.2 Å². The van der Waals surface area contributed by atoms with Gasteiger partial charge in [-0.2, -0.15) is 13.2 Å². The highest BCUT2D eigenvalue weighted by Gasteiger charge is 2.32. The molecule has 120 valence electrons. The van der Waals surface area contributed by atoms with E-state index in [1.807, 2.05) is 0 Å². The first-order valence-corrected chi connectivity index (χ1v) is 7.48. The molecule has 8 heteroatoms. The predicted molar refractivity (Wildman–Crippen MR) is 78.4 cm³/mol. The summed E-state index contributed by atoms with van der Waals surface area (Å²) in [4.78, 5) is 11.6. The minimum atomic E-state index is -4.50. The van der Waals surface area contributed by atoms with Crippen molar-refractivity contribution in [2.24, 2.45) is 0 Å². The zero-order valence-corrected chi connectivity index (χ0v) is 13.1. The summed E-state index contributed by atoms with van der Waals surface area (Å²) in [5, 5.41) is 0.192. The maximum atomic E-state index is 12.3. The van der Waals surface area contributed by atoms with Crippen LogP contribution < -0.4 is 0 Å². The fourth-order valence-electron chi connectivity index (χ4n) is 2.16. The van der Waals surface area contributed by atoms with Crippen LogP contribution in [0.1, 0.15) is 34.3 Å². The predicted octanol–water partition coefficient (Wildman–Crippen LogP) is 4.99. The van der Waals surface area contributed by atoms with Crippen LogP contribution in [0.5, 0.6) is 0 Å². The molecule has 1 aliphatic carbocycles. The SMILES string of the molecule is COC(=O)c1ccc2c(c1Cl)CCCC=C2OSC(F)(F)F. The molecular weight excluding hydrogens is 341 g/mol. The van der Waals surface area contributed by atoms with E-state index < -0.39 is 23.5 Å². The smallest absolute Gasteiger partial charge is 0.465 e. The van der Waals surface area contributed by atoms with Crippen molar-refractivity contribution >= 4 is 35.4 Å². The molecule has 0 aromatic heterocycles. The molecule has 0 fully saturated rings. The van der Waals surface area contributed by atoms with Crippen LogP contribution in [0.25, 0.3) is 5.76 Å². The third kappa shape index (κ3) is 3.89. The number of halogens is 4. The lowest BCUT2D eigenvalue weighted by Crippen LogP contribution is -2.06. The van der Waals surface area contributed by atoms with Crippen molar-refractivity contribution in [2.45, 2.75) is 24.8 Å². The third-order valence-corrected chi connectivity index (χ3v) is 3.98. The largest absolute Gasteiger partial charge is 0.479 e. The number of rotatable bonds is 3. The second-order valence-electron chi connectivity index (χ2n) is 4.52. The summed E-state index contributed by atoms with van der Waals surface area (Å²) < 4.78 is 46.4. The van der Waals surface area contributed by atoms with Gasteiger partial charge in [-0.05, 0) is 43.0 Å². The van der Waals surface area contributed by atoms with Crippen LogP contribution in [-0.4, -0.2) is 18.6 Å². The Morgan fingerprint density at radius 1 is 1.36 bits per heavy atom. The summed E-state index contributed by atoms with van der Waals surface area (Å²) in [6.07, 6.45) is 3.39. The van der Waals surface area contributed by atoms with Gasteiger partial charge in [0.15, 0.2) is 12.0 Å². The number of methoxy groups -OCH3 is 1. The van der Waals surface area contributed by atoms with E-state index in [-0.39, 0.29) is 16.3 Å². The molecule has 0 aliphatic heterocycles. The minimum Gasteiger partial charge on any atom is -0.465 e. The highest BCUT2D eigenvalue weighted by atomic mass is 35.5. The molecular formula is C14H12ClF3O3S. The molecule has 0 amide bonds. The molecule has 0 unspecified atom stereocenters. The normalized spacial score (nSPS) is 14.7. The van der Waals surface area contributed by atoms with Crippen molar-refractivity contribution < 1.29 is 26.9 Å². The number of esters is 1. The zero-order valence-electron chi connectivity index (χ0n) is 11.5. The molecule has 0 heterocycles. The maximum Gasteiger partial charge on any atom is 0.479 e. The monoisotopic (exact) mass is 352 g/mol. The van der Waals surface area contributed by atoms with Crippen LogP contribution in [0.2, 0.25) is 5.02 Å². The van der Waals surface area contributed by atoms with E-state index in [2.05, 4.69) is 4.74 Å². The number of carbonyl (C=O) groups is 1. The van der Waals surface area contributed by atoms with Gasteiger partial charge in [0.05, 0.1) is 17.7 Å². The topological polar surface area (TPSA) is 35.5 Å². The van der Waals surface area contributed by atoms with E-state index >= 15 is 0 Å². The summed E-state index contributed by atoms with van der Waals surface area (Å²) >= 11 is 5.65. The van der Waals surface area contributed by atoms with Gasteiger partial charge < -0.3 is 8.92 Å². The van der Waals surface area contributed by atoms with Gasteiger partial charge in [-0.25, -0.2) is 4.79 Å². The van der Waals surface area contributed by atoms with Gasteiger partial charge in [0, 0.05) is 5.56 Å². The van der Waals surface area contributed by atoms with E-state index in [0.717, 1.165) is 0 Å². The Bertz CT molecular complexity index is 614. The molecule has 0 spiro atoms. The summed E-state index contributed by atoms with van der Waals surface area (Å²) in [6.45, 7) is 0. The van der Waals surface area contributed by atoms with Crippen molar-refractivity contribution in [3.8, 4) is 0 Å². The van der Waals surface area contributed by atoms with Gasteiger partial charge in [0.2, 0.25) is 0 Å². The van der Waals surface area contributed by atoms with Crippen molar-refractivity contribution in [1.29, 1.82) is 0 Å². The Labute approximate surface area is 134 Å². The summed E-state index contributed by atoms with van der Waals surface area (Å²) in [5.74, 6) is -0.485. The molecule has 0 saturated heterocycles. The average Bonchev–Trinajstić information content (AvgIpc) is 2.67. The quantitative estimate of drug-likeness (QED) is 0.567. The van der Waals surface area contributed by atoms with Gasteiger partial charge in [-0.1, -0.05) is 11.6 Å². The first kappa shape index (κ1) is 17.0. The summed E-state index contributed by atoms with van der Waals surface area (Å²) in [6, 6.07) is 2.95. The van der Waals surface area contributed by atoms with Gasteiger partial charge in [0.1, 0.15) is 5.76 Å². The molecule has 0 bridgehead atoms. The Kier molecular flexibility index (Phi) is 5.28.